The van der Waals surface area contributed by atoms with E-state index >= 15 is 0 Å². The molecule has 2 heterocycles. The van der Waals surface area contributed by atoms with Gasteiger partial charge >= 0.3 is 5.69 Å². The molecule has 2 atom stereocenters. The van der Waals surface area contributed by atoms with Gasteiger partial charge in [0.15, 0.2) is 5.82 Å². The molecule has 138 valence electrons. The van der Waals surface area contributed by atoms with Crippen molar-refractivity contribution in [3.63, 3.8) is 0 Å². The molecular formula is C19H16FN3O2S2. The Hall–Kier alpha value is -2.32. The molecule has 0 bridgehead atoms. The number of amides is 1. The highest BCUT2D eigenvalue weighted by Gasteiger charge is 2.36. The molecular weight excluding hydrogens is 385 g/mol. The van der Waals surface area contributed by atoms with Gasteiger partial charge in [0.25, 0.3) is 0 Å². The van der Waals surface area contributed by atoms with E-state index in [1.165, 1.54) is 0 Å². The van der Waals surface area contributed by atoms with Crippen LogP contribution in [0.25, 0.3) is 0 Å². The van der Waals surface area contributed by atoms with Gasteiger partial charge in [-0.25, -0.2) is 9.18 Å². The number of allylic oxidation sites excluding steroid dienone is 2. The number of hydrogen-bond donors (Lipinski definition) is 0. The van der Waals surface area contributed by atoms with Crippen molar-refractivity contribution >= 4 is 35.1 Å². The standard InChI is InChI=1S/C19H16FN3O2S2/c1-26-18-12(20)10-21-19(25)22(18)11-17(24)23-13-6-2-4-8-15(13)27-16-9-5-3-7-14(16)23/h2-10,13,15H,11H2,1H3/t13-,15-/m1/s1. The first-order valence-electron chi connectivity index (χ1n) is 8.32. The lowest BCUT2D eigenvalue weighted by molar-refractivity contribution is -0.119. The molecule has 27 heavy (non-hydrogen) atoms. The highest BCUT2D eigenvalue weighted by Crippen LogP contribution is 2.43. The van der Waals surface area contributed by atoms with E-state index < -0.39 is 11.5 Å². The number of thioether (sulfide) groups is 2. The van der Waals surface area contributed by atoms with Crippen LogP contribution in [0.15, 0.2) is 69.5 Å². The van der Waals surface area contributed by atoms with Gasteiger partial charge < -0.3 is 4.90 Å². The number of benzene rings is 1. The molecule has 1 aliphatic carbocycles. The van der Waals surface area contributed by atoms with Gasteiger partial charge in [0.1, 0.15) is 11.6 Å². The van der Waals surface area contributed by atoms with Gasteiger partial charge in [-0.3, -0.25) is 9.36 Å². The minimum absolute atomic E-state index is 0.0937. The van der Waals surface area contributed by atoms with Gasteiger partial charge in [0, 0.05) is 4.90 Å². The van der Waals surface area contributed by atoms with E-state index in [1.54, 1.807) is 22.9 Å². The van der Waals surface area contributed by atoms with E-state index in [4.69, 9.17) is 0 Å². The van der Waals surface area contributed by atoms with Crippen LogP contribution in [0.2, 0.25) is 0 Å². The Balaban J connectivity index is 1.75. The Labute approximate surface area is 164 Å². The molecule has 1 amide bonds. The molecule has 4 rings (SSSR count). The van der Waals surface area contributed by atoms with Crippen LogP contribution in [0.3, 0.4) is 0 Å². The molecule has 0 radical (unpaired) electrons. The largest absolute Gasteiger partial charge is 0.349 e. The summed E-state index contributed by atoms with van der Waals surface area (Å²) in [6.45, 7) is -0.264. The van der Waals surface area contributed by atoms with Crippen molar-refractivity contribution < 1.29 is 9.18 Å². The van der Waals surface area contributed by atoms with Crippen LogP contribution in [0.1, 0.15) is 0 Å². The molecule has 8 heteroatoms. The normalized spacial score (nSPS) is 20.3. The van der Waals surface area contributed by atoms with Crippen LogP contribution in [-0.2, 0) is 11.3 Å². The topological polar surface area (TPSA) is 55.2 Å². The van der Waals surface area contributed by atoms with Crippen molar-refractivity contribution in [3.8, 4) is 0 Å². The molecule has 0 unspecified atom stereocenters. The van der Waals surface area contributed by atoms with Gasteiger partial charge in [-0.05, 0) is 18.4 Å². The van der Waals surface area contributed by atoms with E-state index in [2.05, 4.69) is 11.1 Å². The number of anilines is 1. The summed E-state index contributed by atoms with van der Waals surface area (Å²) < 4.78 is 15.1. The zero-order valence-corrected chi connectivity index (χ0v) is 16.0. The van der Waals surface area contributed by atoms with Crippen molar-refractivity contribution in [3.05, 3.63) is 71.1 Å². The molecule has 5 nitrogen and oxygen atoms in total. The number of carbonyl (C=O) groups is 1. The Morgan fingerprint density at radius 1 is 1.30 bits per heavy atom. The summed E-state index contributed by atoms with van der Waals surface area (Å²) in [5.74, 6) is -0.884. The zero-order valence-electron chi connectivity index (χ0n) is 14.4. The van der Waals surface area contributed by atoms with Gasteiger partial charge in [-0.15, -0.1) is 23.5 Å². The summed E-state index contributed by atoms with van der Waals surface area (Å²) in [7, 11) is 0. The molecule has 0 saturated heterocycles. The minimum Gasteiger partial charge on any atom is -0.301 e. The van der Waals surface area contributed by atoms with Crippen molar-refractivity contribution in [1.29, 1.82) is 0 Å². The fraction of sp³-hybridized carbons (Fsp3) is 0.211. The van der Waals surface area contributed by atoms with Crippen molar-refractivity contribution in [2.24, 2.45) is 0 Å². The molecule has 0 N–H and O–H groups in total. The molecule has 1 aromatic heterocycles. The minimum atomic E-state index is -0.635. The highest BCUT2D eigenvalue weighted by atomic mass is 32.2. The molecule has 2 aliphatic rings. The van der Waals surface area contributed by atoms with Crippen LogP contribution in [0, 0.1) is 5.82 Å². The summed E-state index contributed by atoms with van der Waals surface area (Å²) in [4.78, 5) is 31.7. The summed E-state index contributed by atoms with van der Waals surface area (Å²) >= 11 is 2.79. The monoisotopic (exact) mass is 401 g/mol. The lowest BCUT2D eigenvalue weighted by Crippen LogP contribution is -2.49. The first-order valence-corrected chi connectivity index (χ1v) is 10.4. The number of rotatable bonds is 3. The maximum Gasteiger partial charge on any atom is 0.349 e. The Morgan fingerprint density at radius 2 is 2.07 bits per heavy atom. The van der Waals surface area contributed by atoms with Gasteiger partial charge in [-0.2, -0.15) is 4.98 Å². The smallest absolute Gasteiger partial charge is 0.301 e. The van der Waals surface area contributed by atoms with Gasteiger partial charge in [-0.1, -0.05) is 36.4 Å². The number of hydrogen-bond acceptors (Lipinski definition) is 5. The summed E-state index contributed by atoms with van der Waals surface area (Å²) in [6, 6.07) is 7.53. The predicted molar refractivity (Wildman–Crippen MR) is 106 cm³/mol. The van der Waals surface area contributed by atoms with Gasteiger partial charge in [0.05, 0.1) is 23.2 Å². The highest BCUT2D eigenvalue weighted by molar-refractivity contribution is 8.00. The summed E-state index contributed by atoms with van der Waals surface area (Å²) in [6.07, 6.45) is 10.5. The zero-order chi connectivity index (χ0) is 19.0. The SMILES string of the molecule is CSc1c(F)cnc(=O)n1CC(=O)N1c2ccccc2S[C@@H]2C=CC=C[C@H]21. The summed E-state index contributed by atoms with van der Waals surface area (Å²) in [5.41, 5.74) is 0.168. The lowest BCUT2D eigenvalue weighted by atomic mass is 10.0. The third-order valence-corrected chi connectivity index (χ3v) is 6.58. The fourth-order valence-electron chi connectivity index (χ4n) is 3.29. The molecule has 0 fully saturated rings. The van der Waals surface area contributed by atoms with Crippen molar-refractivity contribution in [2.75, 3.05) is 11.2 Å². The average Bonchev–Trinajstić information content (AvgIpc) is 2.69. The van der Waals surface area contributed by atoms with E-state index in [0.29, 0.717) is 0 Å². The second kappa shape index (κ2) is 7.36. The molecule has 2 aromatic rings. The third-order valence-electron chi connectivity index (χ3n) is 4.47. The van der Waals surface area contributed by atoms with Gasteiger partial charge in [0.2, 0.25) is 5.91 Å². The first-order chi connectivity index (χ1) is 13.1. The molecule has 1 aromatic carbocycles. The number of carbonyl (C=O) groups excluding carboxylic acids is 1. The van der Waals surface area contributed by atoms with Crippen LogP contribution in [-0.4, -0.2) is 33.0 Å². The Kier molecular flexibility index (Phi) is 4.92. The van der Waals surface area contributed by atoms with Crippen LogP contribution < -0.4 is 10.6 Å². The molecule has 1 aliphatic heterocycles. The summed E-state index contributed by atoms with van der Waals surface area (Å²) in [5, 5.41) is 0.204. The predicted octanol–water partition coefficient (Wildman–Crippen LogP) is 3.11. The third kappa shape index (κ3) is 3.23. The molecule has 0 spiro atoms. The lowest BCUT2D eigenvalue weighted by Gasteiger charge is -2.40. The second-order valence-electron chi connectivity index (χ2n) is 6.06. The van der Waals surface area contributed by atoms with Crippen molar-refractivity contribution in [1.82, 2.24) is 9.55 Å². The number of aromatic nitrogens is 2. The average molecular weight is 401 g/mol. The van der Waals surface area contributed by atoms with Crippen LogP contribution in [0.4, 0.5) is 10.1 Å². The maximum atomic E-state index is 14.0. The fourth-order valence-corrected chi connectivity index (χ4v) is 5.16. The van der Waals surface area contributed by atoms with E-state index in [0.717, 1.165) is 33.1 Å². The maximum absolute atomic E-state index is 14.0. The number of halogens is 1. The van der Waals surface area contributed by atoms with Crippen LogP contribution >= 0.6 is 23.5 Å². The van der Waals surface area contributed by atoms with E-state index in [-0.39, 0.29) is 28.8 Å². The Bertz CT molecular complexity index is 1020. The van der Waals surface area contributed by atoms with E-state index in [9.17, 15) is 14.0 Å². The first kappa shape index (κ1) is 18.1. The quantitative estimate of drug-likeness (QED) is 0.584. The number of fused-ring (bicyclic) bond motifs is 2. The van der Waals surface area contributed by atoms with Crippen molar-refractivity contribution in [2.45, 2.75) is 27.8 Å². The second-order valence-corrected chi connectivity index (χ2v) is 8.07. The number of nitrogens with zero attached hydrogens (tertiary/aromatic N) is 3. The van der Waals surface area contributed by atoms with Crippen LogP contribution in [0.5, 0.6) is 0 Å². The Morgan fingerprint density at radius 3 is 2.89 bits per heavy atom. The number of para-hydroxylation sites is 1. The molecule has 0 saturated carbocycles. The van der Waals surface area contributed by atoms with E-state index in [1.807, 2.05) is 42.5 Å².